The largest absolute Gasteiger partial charge is 0.494 e. The molecule has 1 atom stereocenters. The van der Waals surface area contributed by atoms with Gasteiger partial charge in [0.05, 0.1) is 17.2 Å². The summed E-state index contributed by atoms with van der Waals surface area (Å²) in [6.45, 7) is 6.86. The molecule has 2 N–H and O–H groups in total. The van der Waals surface area contributed by atoms with Crippen LogP contribution < -0.4 is 9.88 Å². The minimum absolute atomic E-state index is 0.618. The van der Waals surface area contributed by atoms with Crippen molar-refractivity contribution < 1.29 is 8.95 Å². The number of aryl methyl sites for hydroxylation is 1. The maximum atomic E-state index is 11.4. The van der Waals surface area contributed by atoms with Gasteiger partial charge in [0.25, 0.3) is 0 Å². The summed E-state index contributed by atoms with van der Waals surface area (Å²) >= 11 is 0. The number of ether oxygens (including phenoxy) is 1. The van der Waals surface area contributed by atoms with Crippen LogP contribution in [-0.4, -0.2) is 15.4 Å². The lowest BCUT2D eigenvalue weighted by Crippen LogP contribution is -2.03. The highest BCUT2D eigenvalue weighted by Crippen LogP contribution is 2.31. The summed E-state index contributed by atoms with van der Waals surface area (Å²) in [4.78, 5) is 0.618. The summed E-state index contributed by atoms with van der Waals surface area (Å²) in [5, 5.41) is 5.44. The third-order valence-corrected chi connectivity index (χ3v) is 5.03. The highest BCUT2D eigenvalue weighted by Gasteiger charge is 2.13. The van der Waals surface area contributed by atoms with Gasteiger partial charge in [0.1, 0.15) is 16.7 Å². The fraction of sp³-hybridized carbons (Fsp3) is 0.200. The van der Waals surface area contributed by atoms with Gasteiger partial charge in [-0.2, -0.15) is 0 Å². The van der Waals surface area contributed by atoms with Crippen LogP contribution in [0.3, 0.4) is 0 Å². The Labute approximate surface area is 150 Å². The van der Waals surface area contributed by atoms with E-state index in [0.29, 0.717) is 11.5 Å². The normalized spacial score (nSPS) is 12.2. The van der Waals surface area contributed by atoms with Gasteiger partial charge in [-0.1, -0.05) is 0 Å². The molecule has 0 aliphatic rings. The van der Waals surface area contributed by atoms with Crippen molar-refractivity contribution in [2.24, 2.45) is 5.14 Å². The Bertz CT molecular complexity index is 897. The summed E-state index contributed by atoms with van der Waals surface area (Å²) in [6, 6.07) is 15.6. The standard InChI is InChI=1S/C20H22N2O2S/c1-4-24-18-9-5-16(6-10-18)20-15(3)14(2)13-22(20)17-7-11-19(12-8-17)25(21)23/h5-13H,4,21H2,1-3H3. The van der Waals surface area contributed by atoms with Gasteiger partial charge >= 0.3 is 0 Å². The van der Waals surface area contributed by atoms with Crippen molar-refractivity contribution in [1.82, 2.24) is 4.57 Å². The van der Waals surface area contributed by atoms with Crippen molar-refractivity contribution in [2.45, 2.75) is 25.7 Å². The Hall–Kier alpha value is -2.37. The Morgan fingerprint density at radius 3 is 2.24 bits per heavy atom. The van der Waals surface area contributed by atoms with Crippen LogP contribution in [0.15, 0.2) is 59.6 Å². The molecule has 130 valence electrons. The molecular weight excluding hydrogens is 332 g/mol. The third kappa shape index (κ3) is 3.52. The van der Waals surface area contributed by atoms with E-state index in [2.05, 4.69) is 36.7 Å². The second kappa shape index (κ2) is 7.25. The summed E-state index contributed by atoms with van der Waals surface area (Å²) in [5.74, 6) is 0.869. The Kier molecular flexibility index (Phi) is 5.06. The lowest BCUT2D eigenvalue weighted by Gasteiger charge is -2.12. The molecule has 3 rings (SSSR count). The number of aromatic nitrogens is 1. The van der Waals surface area contributed by atoms with Crippen LogP contribution in [0, 0.1) is 13.8 Å². The van der Waals surface area contributed by atoms with Crippen molar-refractivity contribution >= 4 is 11.0 Å². The highest BCUT2D eigenvalue weighted by molar-refractivity contribution is 7.82. The summed E-state index contributed by atoms with van der Waals surface area (Å²) < 4.78 is 19.1. The molecule has 0 aliphatic heterocycles. The van der Waals surface area contributed by atoms with Gasteiger partial charge in [-0.15, -0.1) is 0 Å². The molecule has 0 saturated carbocycles. The van der Waals surface area contributed by atoms with E-state index < -0.39 is 11.0 Å². The molecular formula is C20H22N2O2S. The molecule has 1 heterocycles. The van der Waals surface area contributed by atoms with Crippen LogP contribution >= 0.6 is 0 Å². The molecule has 2 aromatic carbocycles. The Morgan fingerprint density at radius 2 is 1.68 bits per heavy atom. The van der Waals surface area contributed by atoms with Crippen LogP contribution in [0.2, 0.25) is 0 Å². The van der Waals surface area contributed by atoms with Crippen LogP contribution in [0.25, 0.3) is 16.9 Å². The first-order valence-electron chi connectivity index (χ1n) is 8.19. The predicted molar refractivity (Wildman–Crippen MR) is 102 cm³/mol. The Balaban J connectivity index is 2.06. The quantitative estimate of drug-likeness (QED) is 0.748. The molecule has 25 heavy (non-hydrogen) atoms. The molecule has 5 heteroatoms. The van der Waals surface area contributed by atoms with Crippen molar-refractivity contribution in [2.75, 3.05) is 6.61 Å². The molecule has 0 radical (unpaired) electrons. The van der Waals surface area contributed by atoms with Crippen molar-refractivity contribution in [1.29, 1.82) is 0 Å². The van der Waals surface area contributed by atoms with Crippen LogP contribution in [0.1, 0.15) is 18.1 Å². The number of nitrogens with zero attached hydrogens (tertiary/aromatic N) is 1. The minimum Gasteiger partial charge on any atom is -0.494 e. The maximum Gasteiger partial charge on any atom is 0.122 e. The second-order valence-corrected chi connectivity index (χ2v) is 6.97. The summed E-state index contributed by atoms with van der Waals surface area (Å²) in [6.07, 6.45) is 2.12. The molecule has 0 bridgehead atoms. The smallest absolute Gasteiger partial charge is 0.122 e. The first-order chi connectivity index (χ1) is 12.0. The van der Waals surface area contributed by atoms with Crippen molar-refractivity contribution in [3.05, 3.63) is 65.9 Å². The number of hydrogen-bond acceptors (Lipinski definition) is 2. The molecule has 0 amide bonds. The molecule has 0 saturated heterocycles. The Morgan fingerprint density at radius 1 is 1.04 bits per heavy atom. The number of nitrogens with two attached hydrogens (primary N) is 1. The average Bonchev–Trinajstić information content (AvgIpc) is 2.91. The summed E-state index contributed by atoms with van der Waals surface area (Å²) in [5.41, 5.74) is 5.72. The second-order valence-electron chi connectivity index (χ2n) is 5.90. The fourth-order valence-corrected chi connectivity index (χ4v) is 3.30. The van der Waals surface area contributed by atoms with Gasteiger partial charge in [-0.3, -0.25) is 0 Å². The zero-order chi connectivity index (χ0) is 18.0. The van der Waals surface area contributed by atoms with E-state index >= 15 is 0 Å². The van der Waals surface area contributed by atoms with Gasteiger partial charge in [-0.05, 0) is 86.0 Å². The molecule has 1 unspecified atom stereocenters. The number of rotatable bonds is 5. The van der Waals surface area contributed by atoms with Gasteiger partial charge < -0.3 is 9.30 Å². The van der Waals surface area contributed by atoms with E-state index in [1.807, 2.05) is 31.2 Å². The van der Waals surface area contributed by atoms with E-state index in [1.54, 1.807) is 12.1 Å². The van der Waals surface area contributed by atoms with Crippen molar-refractivity contribution in [3.8, 4) is 22.7 Å². The topological polar surface area (TPSA) is 57.2 Å². The predicted octanol–water partition coefficient (Wildman–Crippen LogP) is 4.14. The van der Waals surface area contributed by atoms with Gasteiger partial charge in [-0.25, -0.2) is 9.35 Å². The maximum absolute atomic E-state index is 11.4. The highest BCUT2D eigenvalue weighted by atomic mass is 32.2. The minimum atomic E-state index is -1.46. The molecule has 0 fully saturated rings. The van der Waals surface area contributed by atoms with Gasteiger partial charge in [0.2, 0.25) is 0 Å². The molecule has 4 nitrogen and oxygen atoms in total. The van der Waals surface area contributed by atoms with E-state index in [0.717, 1.165) is 22.7 Å². The zero-order valence-corrected chi connectivity index (χ0v) is 15.5. The SMILES string of the molecule is CCOc1ccc(-c2c(C)c(C)cn2-c2ccc(S(N)=O)cc2)cc1. The van der Waals surface area contributed by atoms with E-state index in [-0.39, 0.29) is 0 Å². The monoisotopic (exact) mass is 354 g/mol. The van der Waals surface area contributed by atoms with E-state index in [9.17, 15) is 4.21 Å². The molecule has 1 aromatic heterocycles. The van der Waals surface area contributed by atoms with Crippen LogP contribution in [-0.2, 0) is 11.0 Å². The van der Waals surface area contributed by atoms with E-state index in [4.69, 9.17) is 9.88 Å². The number of hydrogen-bond donors (Lipinski definition) is 1. The lowest BCUT2D eigenvalue weighted by molar-refractivity contribution is 0.340. The molecule has 3 aromatic rings. The van der Waals surface area contributed by atoms with Crippen LogP contribution in [0.4, 0.5) is 0 Å². The molecule has 0 aliphatic carbocycles. The van der Waals surface area contributed by atoms with Gasteiger partial charge in [0.15, 0.2) is 0 Å². The number of benzene rings is 2. The van der Waals surface area contributed by atoms with Crippen molar-refractivity contribution in [3.63, 3.8) is 0 Å². The molecule has 0 spiro atoms. The average molecular weight is 354 g/mol. The lowest BCUT2D eigenvalue weighted by atomic mass is 10.1. The van der Waals surface area contributed by atoms with Gasteiger partial charge in [0, 0.05) is 11.9 Å². The first kappa shape index (κ1) is 17.5. The van der Waals surface area contributed by atoms with Crippen LogP contribution in [0.5, 0.6) is 5.75 Å². The first-order valence-corrected chi connectivity index (χ1v) is 9.41. The zero-order valence-electron chi connectivity index (χ0n) is 14.7. The fourth-order valence-electron chi connectivity index (χ4n) is 2.90. The summed E-state index contributed by atoms with van der Waals surface area (Å²) in [7, 11) is -1.46. The van der Waals surface area contributed by atoms with E-state index in [1.165, 1.54) is 11.1 Å². The third-order valence-electron chi connectivity index (χ3n) is 4.30.